The third-order valence-corrected chi connectivity index (χ3v) is 3.06. The summed E-state index contributed by atoms with van der Waals surface area (Å²) < 4.78 is 0. The summed E-state index contributed by atoms with van der Waals surface area (Å²) in [6.45, 7) is 2.22. The second-order valence-corrected chi connectivity index (χ2v) is 3.75. The van der Waals surface area contributed by atoms with E-state index in [0.29, 0.717) is 17.1 Å². The highest BCUT2D eigenvalue weighted by Crippen LogP contribution is 2.51. The van der Waals surface area contributed by atoms with Crippen molar-refractivity contribution in [1.82, 2.24) is 0 Å². The van der Waals surface area contributed by atoms with Gasteiger partial charge in [0.05, 0.1) is 0 Å². The normalized spacial score (nSPS) is 44.5. The molecular weight excluding hydrogens is 124 g/mol. The van der Waals surface area contributed by atoms with Gasteiger partial charge in [-0.15, -0.1) is 0 Å². The van der Waals surface area contributed by atoms with Crippen LogP contribution in [0.5, 0.6) is 0 Å². The second-order valence-electron chi connectivity index (χ2n) is 3.75. The zero-order valence-corrected chi connectivity index (χ0v) is 6.26. The van der Waals surface area contributed by atoms with Crippen molar-refractivity contribution in [3.05, 3.63) is 12.2 Å². The largest absolute Gasteiger partial charge is 0.295 e. The summed E-state index contributed by atoms with van der Waals surface area (Å²) in [5, 5.41) is 0. The van der Waals surface area contributed by atoms with Crippen molar-refractivity contribution in [2.45, 2.75) is 26.2 Å². The summed E-state index contributed by atoms with van der Waals surface area (Å²) in [7, 11) is 0. The van der Waals surface area contributed by atoms with Crippen LogP contribution in [0.1, 0.15) is 26.2 Å². The average Bonchev–Trinajstić information content (AvgIpc) is 1.83. The van der Waals surface area contributed by atoms with Crippen LogP contribution in [0.15, 0.2) is 12.2 Å². The lowest BCUT2D eigenvalue weighted by Crippen LogP contribution is -2.43. The van der Waals surface area contributed by atoms with Gasteiger partial charge in [0.25, 0.3) is 0 Å². The maximum Gasteiger partial charge on any atom is 0.158 e. The molecule has 0 aromatic heterocycles. The number of ketones is 1. The van der Waals surface area contributed by atoms with Crippen molar-refractivity contribution in [1.29, 1.82) is 0 Å². The fraction of sp³-hybridized carbons (Fsp3) is 0.667. The molecule has 1 heteroatoms. The Morgan fingerprint density at radius 3 is 2.90 bits per heavy atom. The third-order valence-electron chi connectivity index (χ3n) is 3.06. The zero-order valence-electron chi connectivity index (χ0n) is 6.26. The molecule has 0 aromatic carbocycles. The Bertz CT molecular complexity index is 205. The molecule has 0 aromatic rings. The quantitative estimate of drug-likeness (QED) is 0.497. The summed E-state index contributed by atoms with van der Waals surface area (Å²) in [6, 6.07) is 0. The third kappa shape index (κ3) is 0.606. The minimum absolute atomic E-state index is 0.353. The van der Waals surface area contributed by atoms with Gasteiger partial charge in [-0.3, -0.25) is 4.79 Å². The smallest absolute Gasteiger partial charge is 0.158 e. The van der Waals surface area contributed by atoms with Crippen molar-refractivity contribution in [3.8, 4) is 0 Å². The summed E-state index contributed by atoms with van der Waals surface area (Å²) in [5.74, 6) is 0.734. The molecule has 2 unspecified atom stereocenters. The van der Waals surface area contributed by atoms with E-state index >= 15 is 0 Å². The van der Waals surface area contributed by atoms with Gasteiger partial charge in [0.15, 0.2) is 5.78 Å². The van der Waals surface area contributed by atoms with Crippen molar-refractivity contribution >= 4 is 5.78 Å². The Morgan fingerprint density at radius 1 is 1.70 bits per heavy atom. The van der Waals surface area contributed by atoms with Crippen molar-refractivity contribution < 1.29 is 4.79 Å². The SMILES string of the molecule is CC12CC=CC(=O)C1CC2. The standard InChI is InChI=1S/C9H12O/c1-9-5-2-3-8(10)7(9)4-6-9/h2-3,7H,4-6H2,1H3. The van der Waals surface area contributed by atoms with Crippen LogP contribution in [0.3, 0.4) is 0 Å². The van der Waals surface area contributed by atoms with Gasteiger partial charge in [-0.1, -0.05) is 13.0 Å². The van der Waals surface area contributed by atoms with Gasteiger partial charge in [-0.2, -0.15) is 0 Å². The monoisotopic (exact) mass is 136 g/mol. The molecule has 2 rings (SSSR count). The molecule has 54 valence electrons. The molecule has 1 nitrogen and oxygen atoms in total. The molecule has 2 aliphatic carbocycles. The van der Waals surface area contributed by atoms with E-state index in [1.54, 1.807) is 6.08 Å². The molecule has 0 saturated heterocycles. The summed E-state index contributed by atoms with van der Waals surface area (Å²) >= 11 is 0. The number of hydrogen-bond acceptors (Lipinski definition) is 1. The number of fused-ring (bicyclic) bond motifs is 1. The summed E-state index contributed by atoms with van der Waals surface area (Å²) in [5.41, 5.74) is 0.353. The Morgan fingerprint density at radius 2 is 2.50 bits per heavy atom. The molecule has 0 spiro atoms. The molecule has 1 fully saturated rings. The van der Waals surface area contributed by atoms with Gasteiger partial charge in [-0.25, -0.2) is 0 Å². The fourth-order valence-electron chi connectivity index (χ4n) is 2.07. The first-order valence-corrected chi connectivity index (χ1v) is 3.93. The van der Waals surface area contributed by atoms with Crippen LogP contribution in [0.2, 0.25) is 0 Å². The lowest BCUT2D eigenvalue weighted by Gasteiger charge is -2.47. The van der Waals surface area contributed by atoms with Gasteiger partial charge in [0, 0.05) is 5.92 Å². The van der Waals surface area contributed by atoms with E-state index in [-0.39, 0.29) is 0 Å². The van der Waals surface area contributed by atoms with E-state index in [9.17, 15) is 4.79 Å². The van der Waals surface area contributed by atoms with Gasteiger partial charge < -0.3 is 0 Å². The molecule has 2 aliphatic rings. The van der Waals surface area contributed by atoms with Crippen LogP contribution in [0, 0.1) is 11.3 Å². The first kappa shape index (κ1) is 6.14. The zero-order chi connectivity index (χ0) is 7.19. The molecule has 0 bridgehead atoms. The second kappa shape index (κ2) is 1.71. The van der Waals surface area contributed by atoms with E-state index < -0.39 is 0 Å². The molecule has 0 heterocycles. The number of carbonyl (C=O) groups is 1. The Hall–Kier alpha value is -0.590. The first-order chi connectivity index (χ1) is 4.72. The lowest BCUT2D eigenvalue weighted by molar-refractivity contribution is -0.128. The molecule has 0 aliphatic heterocycles. The summed E-state index contributed by atoms with van der Waals surface area (Å²) in [6.07, 6.45) is 7.26. The minimum atomic E-state index is 0.353. The number of carbonyl (C=O) groups excluding carboxylic acids is 1. The molecule has 1 saturated carbocycles. The average molecular weight is 136 g/mol. The van der Waals surface area contributed by atoms with E-state index in [0.717, 1.165) is 12.8 Å². The van der Waals surface area contributed by atoms with Crippen LogP contribution >= 0.6 is 0 Å². The van der Waals surface area contributed by atoms with Crippen molar-refractivity contribution in [2.24, 2.45) is 11.3 Å². The van der Waals surface area contributed by atoms with Crippen LogP contribution in [-0.4, -0.2) is 5.78 Å². The van der Waals surface area contributed by atoms with E-state index in [4.69, 9.17) is 0 Å². The lowest BCUT2D eigenvalue weighted by atomic mass is 9.56. The highest BCUT2D eigenvalue weighted by Gasteiger charge is 2.46. The molecule has 0 N–H and O–H groups in total. The topological polar surface area (TPSA) is 17.1 Å². The first-order valence-electron chi connectivity index (χ1n) is 3.93. The van der Waals surface area contributed by atoms with E-state index in [2.05, 4.69) is 6.92 Å². The molecule has 2 atom stereocenters. The Balaban J connectivity index is 2.28. The minimum Gasteiger partial charge on any atom is -0.295 e. The number of rotatable bonds is 0. The van der Waals surface area contributed by atoms with Crippen LogP contribution in [0.25, 0.3) is 0 Å². The summed E-state index contributed by atoms with van der Waals surface area (Å²) in [4.78, 5) is 11.2. The molecule has 0 amide bonds. The van der Waals surface area contributed by atoms with Crippen LogP contribution < -0.4 is 0 Å². The van der Waals surface area contributed by atoms with Gasteiger partial charge in [0.2, 0.25) is 0 Å². The highest BCUT2D eigenvalue weighted by atomic mass is 16.1. The molecular formula is C9H12O. The Labute approximate surface area is 61.1 Å². The fourth-order valence-corrected chi connectivity index (χ4v) is 2.07. The number of hydrogen-bond donors (Lipinski definition) is 0. The molecule has 10 heavy (non-hydrogen) atoms. The Kier molecular flexibility index (Phi) is 1.05. The van der Waals surface area contributed by atoms with Gasteiger partial charge in [0.1, 0.15) is 0 Å². The van der Waals surface area contributed by atoms with Crippen LogP contribution in [-0.2, 0) is 4.79 Å². The maximum atomic E-state index is 11.2. The molecule has 0 radical (unpaired) electrons. The van der Waals surface area contributed by atoms with Gasteiger partial charge >= 0.3 is 0 Å². The van der Waals surface area contributed by atoms with E-state index in [1.165, 1.54) is 6.42 Å². The maximum absolute atomic E-state index is 11.2. The van der Waals surface area contributed by atoms with Gasteiger partial charge in [-0.05, 0) is 30.8 Å². The van der Waals surface area contributed by atoms with Crippen molar-refractivity contribution in [2.75, 3.05) is 0 Å². The number of allylic oxidation sites excluding steroid dienone is 2. The predicted octanol–water partition coefficient (Wildman–Crippen LogP) is 1.93. The van der Waals surface area contributed by atoms with E-state index in [1.807, 2.05) is 6.08 Å². The van der Waals surface area contributed by atoms with Crippen molar-refractivity contribution in [3.63, 3.8) is 0 Å². The predicted molar refractivity (Wildman–Crippen MR) is 39.6 cm³/mol. The van der Waals surface area contributed by atoms with Crippen LogP contribution in [0.4, 0.5) is 0 Å². The highest BCUT2D eigenvalue weighted by molar-refractivity contribution is 5.93.